The van der Waals surface area contributed by atoms with Gasteiger partial charge in [0.25, 0.3) is 0 Å². The number of hydrogen-bond donors (Lipinski definition) is 1. The van der Waals surface area contributed by atoms with Crippen molar-refractivity contribution in [1.29, 1.82) is 0 Å². The lowest BCUT2D eigenvalue weighted by Gasteiger charge is -2.20. The second-order valence-corrected chi connectivity index (χ2v) is 9.02. The van der Waals surface area contributed by atoms with E-state index >= 15 is 4.39 Å². The number of anilines is 1. The summed E-state index contributed by atoms with van der Waals surface area (Å²) in [5, 5.41) is 2.79. The van der Waals surface area contributed by atoms with E-state index in [1.165, 1.54) is 17.0 Å². The topological polar surface area (TPSA) is 49.4 Å². The van der Waals surface area contributed by atoms with Crippen molar-refractivity contribution in [2.45, 2.75) is 12.5 Å². The minimum atomic E-state index is -0.779. The van der Waals surface area contributed by atoms with Gasteiger partial charge in [0, 0.05) is 17.4 Å². The molecule has 142 valence electrons. The van der Waals surface area contributed by atoms with Gasteiger partial charge in [-0.15, -0.1) is 0 Å². The summed E-state index contributed by atoms with van der Waals surface area (Å²) in [6.45, 7) is 4.11. The lowest BCUT2D eigenvalue weighted by molar-refractivity contribution is -0.121. The monoisotopic (exact) mass is 410 g/mol. The Labute approximate surface area is 162 Å². The van der Waals surface area contributed by atoms with Crippen LogP contribution in [-0.2, 0) is 9.59 Å². The molecule has 0 spiro atoms. The molecule has 0 saturated carbocycles. The molecule has 27 heavy (non-hydrogen) atoms. The molecular formula is C19H18ClF2N2O2P. The van der Waals surface area contributed by atoms with Gasteiger partial charge in [0.2, 0.25) is 12.3 Å². The Morgan fingerprint density at radius 2 is 1.96 bits per heavy atom. The fourth-order valence-corrected chi connectivity index (χ4v) is 4.74. The smallest absolute Gasteiger partial charge is 0.249 e. The Hall–Kier alpha value is -2.04. The van der Waals surface area contributed by atoms with Gasteiger partial charge in [-0.2, -0.15) is 0 Å². The quantitative estimate of drug-likeness (QED) is 0.606. The molecule has 1 fully saturated rings. The van der Waals surface area contributed by atoms with E-state index in [0.29, 0.717) is 29.3 Å². The summed E-state index contributed by atoms with van der Waals surface area (Å²) in [6, 6.07) is 7.06. The highest BCUT2D eigenvalue weighted by Gasteiger charge is 2.34. The van der Waals surface area contributed by atoms with Crippen LogP contribution < -0.4 is 15.5 Å². The summed E-state index contributed by atoms with van der Waals surface area (Å²) in [6.07, 6.45) is 0.845. The van der Waals surface area contributed by atoms with E-state index in [1.54, 1.807) is 18.2 Å². The number of amides is 2. The van der Waals surface area contributed by atoms with Crippen LogP contribution >= 0.6 is 19.5 Å². The van der Waals surface area contributed by atoms with E-state index < -0.39 is 19.8 Å². The van der Waals surface area contributed by atoms with Crippen LogP contribution in [0.3, 0.4) is 0 Å². The van der Waals surface area contributed by atoms with Crippen LogP contribution in [0.5, 0.6) is 0 Å². The molecule has 4 nitrogen and oxygen atoms in total. The van der Waals surface area contributed by atoms with Crippen molar-refractivity contribution >= 4 is 42.8 Å². The van der Waals surface area contributed by atoms with Crippen molar-refractivity contribution < 1.29 is 18.4 Å². The highest BCUT2D eigenvalue weighted by molar-refractivity contribution is 7.64. The predicted molar refractivity (Wildman–Crippen MR) is 105 cm³/mol. The zero-order valence-electron chi connectivity index (χ0n) is 14.8. The summed E-state index contributed by atoms with van der Waals surface area (Å²) in [5.41, 5.74) is 0.991. The molecule has 2 aromatic carbocycles. The van der Waals surface area contributed by atoms with E-state index in [2.05, 4.69) is 5.32 Å². The molecule has 1 heterocycles. The first-order valence-corrected chi connectivity index (χ1v) is 10.9. The van der Waals surface area contributed by atoms with Gasteiger partial charge in [-0.1, -0.05) is 37.7 Å². The van der Waals surface area contributed by atoms with E-state index in [1.807, 2.05) is 13.3 Å². The molecule has 1 aliphatic rings. The average molecular weight is 411 g/mol. The number of halogens is 3. The Morgan fingerprint density at radius 1 is 1.22 bits per heavy atom. The first-order chi connectivity index (χ1) is 12.9. The highest BCUT2D eigenvalue weighted by Crippen LogP contribution is 2.39. The van der Waals surface area contributed by atoms with Gasteiger partial charge in [-0.3, -0.25) is 9.59 Å². The largest absolute Gasteiger partial charge is 0.347 e. The minimum Gasteiger partial charge on any atom is -0.347 e. The second kappa shape index (κ2) is 7.91. The number of rotatable bonds is 5. The molecule has 1 N–H and O–H groups in total. The van der Waals surface area contributed by atoms with E-state index in [4.69, 9.17) is 11.6 Å². The zero-order valence-corrected chi connectivity index (χ0v) is 16.5. The Balaban J connectivity index is 2.04. The van der Waals surface area contributed by atoms with Gasteiger partial charge >= 0.3 is 0 Å². The summed E-state index contributed by atoms with van der Waals surface area (Å²) >= 11 is 6.29. The minimum absolute atomic E-state index is 0.0529. The molecule has 0 aromatic heterocycles. The average Bonchev–Trinajstić information content (AvgIpc) is 2.98. The first kappa shape index (κ1) is 19.7. The van der Waals surface area contributed by atoms with Gasteiger partial charge in [0.15, 0.2) is 5.82 Å². The summed E-state index contributed by atoms with van der Waals surface area (Å²) in [7, 11) is -0.779. The third kappa shape index (κ3) is 3.56. The molecule has 3 rings (SSSR count). The van der Waals surface area contributed by atoms with Gasteiger partial charge in [0.1, 0.15) is 11.9 Å². The van der Waals surface area contributed by atoms with Crippen molar-refractivity contribution in [3.05, 3.63) is 47.0 Å². The lowest BCUT2D eigenvalue weighted by atomic mass is 10.0. The predicted octanol–water partition coefficient (Wildman–Crippen LogP) is 3.50. The van der Waals surface area contributed by atoms with Crippen molar-refractivity contribution in [1.82, 2.24) is 5.32 Å². The van der Waals surface area contributed by atoms with Gasteiger partial charge < -0.3 is 10.2 Å². The Morgan fingerprint density at radius 3 is 2.63 bits per heavy atom. The van der Waals surface area contributed by atoms with Crippen molar-refractivity contribution in [3.63, 3.8) is 0 Å². The van der Waals surface area contributed by atoms with E-state index in [0.717, 1.165) is 0 Å². The maximum absolute atomic E-state index is 15.0. The summed E-state index contributed by atoms with van der Waals surface area (Å²) < 4.78 is 29.3. The van der Waals surface area contributed by atoms with Crippen molar-refractivity contribution in [3.8, 4) is 11.1 Å². The van der Waals surface area contributed by atoms with Crippen LogP contribution in [0.15, 0.2) is 30.3 Å². The SMILES string of the molecule is CP(C)c1c(F)cccc1-c1ccc(N2CCC(NC=O)C2=O)c(F)c1Cl. The number of hydrogen-bond acceptors (Lipinski definition) is 2. The highest BCUT2D eigenvalue weighted by atomic mass is 35.5. The second-order valence-electron chi connectivity index (χ2n) is 6.41. The maximum Gasteiger partial charge on any atom is 0.249 e. The van der Waals surface area contributed by atoms with Crippen LogP contribution in [0.25, 0.3) is 11.1 Å². The van der Waals surface area contributed by atoms with Crippen LogP contribution in [0.4, 0.5) is 14.5 Å². The third-order valence-electron chi connectivity index (χ3n) is 4.55. The molecule has 0 aliphatic carbocycles. The fraction of sp³-hybridized carbons (Fsp3) is 0.263. The number of nitrogens with zero attached hydrogens (tertiary/aromatic N) is 1. The molecule has 8 heteroatoms. The first-order valence-electron chi connectivity index (χ1n) is 8.32. The molecule has 2 amide bonds. The van der Waals surface area contributed by atoms with E-state index in [-0.39, 0.29) is 29.0 Å². The number of carbonyl (C=O) groups excluding carboxylic acids is 2. The summed E-state index contributed by atoms with van der Waals surface area (Å²) in [5.74, 6) is -1.47. The Bertz CT molecular complexity index is 908. The standard InChI is InChI=1S/C19H18ClF2N2O2P/c1-27(2)18-12(4-3-5-13(18)21)11-6-7-15(17(22)16(11)20)24-9-8-14(19(24)26)23-10-25/h3-7,10,14H,8-9H2,1-2H3,(H,23,25). The molecule has 0 bridgehead atoms. The van der Waals surface area contributed by atoms with Crippen LogP contribution in [0.2, 0.25) is 5.02 Å². The lowest BCUT2D eigenvalue weighted by Crippen LogP contribution is -2.37. The molecule has 2 aromatic rings. The van der Waals surface area contributed by atoms with Crippen LogP contribution in [0.1, 0.15) is 6.42 Å². The molecule has 0 radical (unpaired) electrons. The summed E-state index contributed by atoms with van der Waals surface area (Å²) in [4.78, 5) is 24.2. The number of nitrogens with one attached hydrogen (secondary N) is 1. The van der Waals surface area contributed by atoms with Crippen LogP contribution in [0, 0.1) is 11.6 Å². The number of benzene rings is 2. The van der Waals surface area contributed by atoms with Gasteiger partial charge in [0.05, 0.1) is 10.7 Å². The molecule has 1 saturated heterocycles. The molecular weight excluding hydrogens is 393 g/mol. The third-order valence-corrected chi connectivity index (χ3v) is 6.27. The molecule has 1 unspecified atom stereocenters. The van der Waals surface area contributed by atoms with E-state index in [9.17, 15) is 14.0 Å². The fourth-order valence-electron chi connectivity index (χ4n) is 3.30. The number of carbonyl (C=O) groups is 2. The Kier molecular flexibility index (Phi) is 5.78. The molecule has 1 atom stereocenters. The van der Waals surface area contributed by atoms with Crippen LogP contribution in [-0.4, -0.2) is 38.2 Å². The molecule has 1 aliphatic heterocycles. The van der Waals surface area contributed by atoms with Crippen molar-refractivity contribution in [2.24, 2.45) is 0 Å². The van der Waals surface area contributed by atoms with Gasteiger partial charge in [-0.05, 0) is 37.4 Å². The zero-order chi connectivity index (χ0) is 19.7. The normalized spacial score (nSPS) is 16.9. The van der Waals surface area contributed by atoms with Gasteiger partial charge in [-0.25, -0.2) is 8.78 Å². The maximum atomic E-state index is 15.0. The van der Waals surface area contributed by atoms with Crippen molar-refractivity contribution in [2.75, 3.05) is 24.8 Å².